The van der Waals surface area contributed by atoms with Crippen LogP contribution in [0.4, 0.5) is 0 Å². The van der Waals surface area contributed by atoms with E-state index < -0.39 is 49.0 Å². The highest BCUT2D eigenvalue weighted by Gasteiger charge is 2.49. The number of ether oxygens (including phenoxy) is 4. The van der Waals surface area contributed by atoms with E-state index in [1.54, 1.807) is 31.2 Å². The van der Waals surface area contributed by atoms with E-state index in [4.69, 9.17) is 25.8 Å². The highest BCUT2D eigenvalue weighted by Crippen LogP contribution is 2.28. The first-order chi connectivity index (χ1) is 13.2. The summed E-state index contributed by atoms with van der Waals surface area (Å²) < 4.78 is 28.6. The van der Waals surface area contributed by atoms with Gasteiger partial charge >= 0.3 is 17.9 Å². The first-order valence-corrected chi connectivity index (χ1v) is 7.99. The number of nitrogens with zero attached hydrogens (tertiary/aromatic N) is 3. The second kappa shape index (κ2) is 9.02. The van der Waals surface area contributed by atoms with Crippen molar-refractivity contribution in [2.75, 3.05) is 6.61 Å². The maximum absolute atomic E-state index is 12.3. The zero-order chi connectivity index (χ0) is 20.9. The van der Waals surface area contributed by atoms with Gasteiger partial charge in [-0.1, -0.05) is 23.3 Å². The third kappa shape index (κ3) is 5.19. The van der Waals surface area contributed by atoms with Gasteiger partial charge in [-0.3, -0.25) is 9.59 Å². The number of hydrogen-bond donors (Lipinski definition) is 0. The molecule has 1 aromatic carbocycles. The summed E-state index contributed by atoms with van der Waals surface area (Å²) in [5, 5.41) is 3.49. The molecule has 0 radical (unpaired) electrons. The molecule has 1 fully saturated rings. The first-order valence-electron chi connectivity index (χ1n) is 8.49. The van der Waals surface area contributed by atoms with Crippen molar-refractivity contribution in [2.45, 2.75) is 45.3 Å². The quantitative estimate of drug-likeness (QED) is 0.243. The minimum absolute atomic E-state index is 0.328. The fourth-order valence-electron chi connectivity index (χ4n) is 2.51. The van der Waals surface area contributed by atoms with Crippen molar-refractivity contribution in [2.24, 2.45) is 5.11 Å². The van der Waals surface area contributed by atoms with Gasteiger partial charge in [0.25, 0.3) is 0 Å². The molecule has 1 aliphatic rings. The Morgan fingerprint density at radius 1 is 1.26 bits per heavy atom. The van der Waals surface area contributed by atoms with Gasteiger partial charge in [0.05, 0.1) is 5.56 Å². The standard InChI is InChI=1S/C17H19N3O7/c1-9-6-4-5-7-12(9)16(23)24-8-13-14(19-20-18)15(25-10(2)21)17(27-13)26-11(3)22/h4-7,13-15,17H,8H2,1-3H3/t13-,14-,15-,17?/m1/s1/i17D. The molecule has 0 spiro atoms. The first kappa shape index (κ1) is 18.7. The summed E-state index contributed by atoms with van der Waals surface area (Å²) in [5.74, 6) is -2.32. The van der Waals surface area contributed by atoms with Crippen molar-refractivity contribution >= 4 is 17.9 Å². The number of carbonyl (C=O) groups excluding carboxylic acids is 3. The van der Waals surface area contributed by atoms with Crippen LogP contribution >= 0.6 is 0 Å². The second-order valence-corrected chi connectivity index (χ2v) is 5.71. The van der Waals surface area contributed by atoms with Crippen LogP contribution in [0, 0.1) is 6.92 Å². The Hall–Kier alpha value is -3.10. The molecular weight excluding hydrogens is 358 g/mol. The summed E-state index contributed by atoms with van der Waals surface area (Å²) in [6.45, 7) is 3.43. The number of azide groups is 1. The fourth-order valence-corrected chi connectivity index (χ4v) is 2.51. The normalized spacial score (nSPS) is 27.1. The van der Waals surface area contributed by atoms with Gasteiger partial charge < -0.3 is 18.9 Å². The van der Waals surface area contributed by atoms with Crippen LogP contribution < -0.4 is 0 Å². The molecule has 10 nitrogen and oxygen atoms in total. The van der Waals surface area contributed by atoms with E-state index in [2.05, 4.69) is 10.0 Å². The van der Waals surface area contributed by atoms with Crippen molar-refractivity contribution < 1.29 is 34.7 Å². The molecule has 0 aromatic heterocycles. The lowest BCUT2D eigenvalue weighted by molar-refractivity contribution is -0.195. The Bertz CT molecular complexity index is 827. The Morgan fingerprint density at radius 3 is 2.52 bits per heavy atom. The van der Waals surface area contributed by atoms with Gasteiger partial charge in [-0.25, -0.2) is 4.79 Å². The van der Waals surface area contributed by atoms with E-state index in [-0.39, 0.29) is 0 Å². The minimum atomic E-state index is -2.45. The van der Waals surface area contributed by atoms with E-state index in [1.807, 2.05) is 0 Å². The summed E-state index contributed by atoms with van der Waals surface area (Å²) in [4.78, 5) is 37.7. The summed E-state index contributed by atoms with van der Waals surface area (Å²) in [7, 11) is 0. The number of hydrogen-bond acceptors (Lipinski definition) is 8. The third-order valence-electron chi connectivity index (χ3n) is 3.66. The maximum atomic E-state index is 12.3. The SMILES string of the molecule is [2H]C1(OC(C)=O)O[C@H](COC(=O)c2ccccc2C)[C@@H](N=[N+]=[N-])[C@H]1OC(C)=O. The lowest BCUT2D eigenvalue weighted by Crippen LogP contribution is -2.38. The van der Waals surface area contributed by atoms with Crippen LogP contribution in [0.3, 0.4) is 0 Å². The van der Waals surface area contributed by atoms with Gasteiger partial charge in [-0.15, -0.1) is 0 Å². The Morgan fingerprint density at radius 2 is 1.93 bits per heavy atom. The van der Waals surface area contributed by atoms with Gasteiger partial charge in [-0.2, -0.15) is 0 Å². The molecule has 1 aliphatic heterocycles. The van der Waals surface area contributed by atoms with Crippen molar-refractivity contribution in [3.05, 3.63) is 45.8 Å². The van der Waals surface area contributed by atoms with Crippen LogP contribution in [0.15, 0.2) is 29.4 Å². The van der Waals surface area contributed by atoms with Gasteiger partial charge in [0.2, 0.25) is 6.27 Å². The zero-order valence-electron chi connectivity index (χ0n) is 15.9. The Labute approximate surface area is 156 Å². The minimum Gasteiger partial charge on any atom is -0.459 e. The van der Waals surface area contributed by atoms with E-state index in [9.17, 15) is 14.4 Å². The molecule has 0 N–H and O–H groups in total. The molecule has 1 heterocycles. The van der Waals surface area contributed by atoms with Crippen molar-refractivity contribution in [3.8, 4) is 0 Å². The molecular formula is C17H19N3O7. The lowest BCUT2D eigenvalue weighted by atomic mass is 10.1. The molecule has 144 valence electrons. The van der Waals surface area contributed by atoms with Gasteiger partial charge in [0, 0.05) is 18.8 Å². The van der Waals surface area contributed by atoms with Crippen LogP contribution in [0.1, 0.15) is 31.1 Å². The Kier molecular flexibility index (Phi) is 6.24. The number of aryl methyl sites for hydroxylation is 1. The average molecular weight is 378 g/mol. The van der Waals surface area contributed by atoms with Gasteiger partial charge in [0.1, 0.15) is 20.1 Å². The highest BCUT2D eigenvalue weighted by atomic mass is 16.7. The van der Waals surface area contributed by atoms with Crippen molar-refractivity contribution in [3.63, 3.8) is 0 Å². The second-order valence-electron chi connectivity index (χ2n) is 5.71. The molecule has 1 aromatic rings. The monoisotopic (exact) mass is 378 g/mol. The summed E-state index contributed by atoms with van der Waals surface area (Å²) >= 11 is 0. The molecule has 0 saturated carbocycles. The topological polar surface area (TPSA) is 137 Å². The Balaban J connectivity index is 2.23. The molecule has 0 amide bonds. The predicted molar refractivity (Wildman–Crippen MR) is 90.4 cm³/mol. The van der Waals surface area contributed by atoms with Crippen LogP contribution in [0.2, 0.25) is 0 Å². The molecule has 0 bridgehead atoms. The fraction of sp³-hybridized carbons (Fsp3) is 0.471. The number of esters is 3. The largest absolute Gasteiger partial charge is 0.459 e. The molecule has 1 saturated heterocycles. The van der Waals surface area contributed by atoms with Crippen molar-refractivity contribution in [1.29, 1.82) is 0 Å². The molecule has 0 aliphatic carbocycles. The van der Waals surface area contributed by atoms with Gasteiger partial charge in [0.15, 0.2) is 6.10 Å². The smallest absolute Gasteiger partial charge is 0.338 e. The van der Waals surface area contributed by atoms with Crippen LogP contribution in [-0.2, 0) is 28.5 Å². The van der Waals surface area contributed by atoms with Gasteiger partial charge in [-0.05, 0) is 24.1 Å². The zero-order valence-corrected chi connectivity index (χ0v) is 14.9. The predicted octanol–water partition coefficient (Wildman–Crippen LogP) is 2.05. The maximum Gasteiger partial charge on any atom is 0.338 e. The lowest BCUT2D eigenvalue weighted by Gasteiger charge is -2.19. The molecule has 1 unspecified atom stereocenters. The van der Waals surface area contributed by atoms with E-state index >= 15 is 0 Å². The van der Waals surface area contributed by atoms with E-state index in [1.165, 1.54) is 0 Å². The molecule has 27 heavy (non-hydrogen) atoms. The third-order valence-corrected chi connectivity index (χ3v) is 3.66. The highest BCUT2D eigenvalue weighted by molar-refractivity contribution is 5.90. The van der Waals surface area contributed by atoms with E-state index in [0.717, 1.165) is 13.8 Å². The number of benzene rings is 1. The average Bonchev–Trinajstić information content (AvgIpc) is 2.84. The van der Waals surface area contributed by atoms with Crippen molar-refractivity contribution in [1.82, 2.24) is 0 Å². The molecule has 4 atom stereocenters. The van der Waals surface area contributed by atoms with E-state index in [0.29, 0.717) is 11.1 Å². The summed E-state index contributed by atoms with van der Waals surface area (Å²) in [6, 6.07) is 5.49. The number of carbonyl (C=O) groups is 3. The van der Waals surface area contributed by atoms with Crippen LogP contribution in [-0.4, -0.2) is 49.0 Å². The molecule has 10 heteroatoms. The number of rotatable bonds is 6. The summed E-state index contributed by atoms with van der Waals surface area (Å²) in [5.41, 5.74) is 9.85. The van der Waals surface area contributed by atoms with Crippen LogP contribution in [0.5, 0.6) is 0 Å². The summed E-state index contributed by atoms with van der Waals surface area (Å²) in [6.07, 6.45) is -5.16. The van der Waals surface area contributed by atoms with Crippen LogP contribution in [0.25, 0.3) is 10.4 Å². The molecule has 2 rings (SSSR count).